The second-order valence-corrected chi connectivity index (χ2v) is 6.79. The summed E-state index contributed by atoms with van der Waals surface area (Å²) in [5.41, 5.74) is 3.03. The molecule has 4 aromatic rings. The van der Waals surface area contributed by atoms with Gasteiger partial charge in [-0.1, -0.05) is 35.5 Å². The number of aromatic nitrogens is 4. The van der Waals surface area contributed by atoms with E-state index < -0.39 is 0 Å². The minimum atomic E-state index is 0.496. The van der Waals surface area contributed by atoms with Crippen LogP contribution in [-0.4, -0.2) is 25.8 Å². The molecule has 0 spiro atoms. The number of ether oxygens (including phenoxy) is 1. The summed E-state index contributed by atoms with van der Waals surface area (Å²) in [7, 11) is 0. The van der Waals surface area contributed by atoms with Crippen molar-refractivity contribution in [3.8, 4) is 17.0 Å². The van der Waals surface area contributed by atoms with E-state index in [0.29, 0.717) is 17.5 Å². The fourth-order valence-corrected chi connectivity index (χ4v) is 3.01. The van der Waals surface area contributed by atoms with E-state index in [1.54, 1.807) is 10.7 Å². The average molecular weight is 383 g/mol. The van der Waals surface area contributed by atoms with Gasteiger partial charge in [0, 0.05) is 16.8 Å². The molecule has 0 bridgehead atoms. The maximum absolute atomic E-state index is 5.90. The van der Waals surface area contributed by atoms with E-state index in [1.165, 1.54) is 11.8 Å². The molecule has 0 unspecified atom stereocenters. The molecule has 0 saturated heterocycles. The van der Waals surface area contributed by atoms with Crippen molar-refractivity contribution in [1.29, 1.82) is 0 Å². The number of thioether (sulfide) groups is 1. The Morgan fingerprint density at radius 3 is 2.54 bits per heavy atom. The van der Waals surface area contributed by atoms with Gasteiger partial charge in [0.25, 0.3) is 5.78 Å². The highest BCUT2D eigenvalue weighted by Crippen LogP contribution is 2.24. The Balaban J connectivity index is 1.54. The fraction of sp³-hybridized carbons (Fsp3) is 0.105. The number of hydrogen-bond donors (Lipinski definition) is 0. The number of fused-ring (bicyclic) bond motifs is 1. The summed E-state index contributed by atoms with van der Waals surface area (Å²) in [5.74, 6) is 1.40. The van der Waals surface area contributed by atoms with Crippen LogP contribution in [0.4, 0.5) is 0 Å². The van der Waals surface area contributed by atoms with Gasteiger partial charge in [-0.15, -0.1) is 5.10 Å². The molecule has 0 N–H and O–H groups in total. The van der Waals surface area contributed by atoms with Crippen molar-refractivity contribution in [2.45, 2.75) is 11.8 Å². The quantitative estimate of drug-likeness (QED) is 0.466. The average Bonchev–Trinajstić information content (AvgIpc) is 3.11. The molecule has 2 heterocycles. The van der Waals surface area contributed by atoms with Crippen LogP contribution in [0.5, 0.6) is 5.75 Å². The van der Waals surface area contributed by atoms with Crippen molar-refractivity contribution < 1.29 is 4.74 Å². The number of rotatable bonds is 5. The predicted molar refractivity (Wildman–Crippen MR) is 104 cm³/mol. The molecule has 0 aliphatic rings. The monoisotopic (exact) mass is 382 g/mol. The standard InChI is InChI=1S/C19H15ClN4OS/c1-26-19-22-18-21-11-10-17(24(18)23-19)14-4-8-16(9-5-14)25-12-13-2-6-15(20)7-3-13/h2-11H,12H2,1H3. The Morgan fingerprint density at radius 1 is 1.04 bits per heavy atom. The molecule has 0 aliphatic heterocycles. The van der Waals surface area contributed by atoms with E-state index >= 15 is 0 Å². The van der Waals surface area contributed by atoms with Crippen molar-refractivity contribution in [2.24, 2.45) is 0 Å². The minimum absolute atomic E-state index is 0.496. The van der Waals surface area contributed by atoms with E-state index in [0.717, 1.165) is 27.6 Å². The summed E-state index contributed by atoms with van der Waals surface area (Å²) in [5, 5.41) is 5.90. The van der Waals surface area contributed by atoms with Crippen molar-refractivity contribution >= 4 is 29.1 Å². The van der Waals surface area contributed by atoms with Crippen molar-refractivity contribution in [3.05, 3.63) is 71.4 Å². The Morgan fingerprint density at radius 2 is 1.81 bits per heavy atom. The van der Waals surface area contributed by atoms with Gasteiger partial charge in [-0.2, -0.15) is 9.50 Å². The molecule has 7 heteroatoms. The first-order valence-corrected chi connectivity index (χ1v) is 9.56. The smallest absolute Gasteiger partial charge is 0.253 e. The Hall–Kier alpha value is -2.57. The fourth-order valence-electron chi connectivity index (χ4n) is 2.55. The normalized spacial score (nSPS) is 11.0. The number of nitrogens with zero attached hydrogens (tertiary/aromatic N) is 4. The van der Waals surface area contributed by atoms with E-state index in [1.807, 2.05) is 60.9 Å². The molecule has 0 amide bonds. The SMILES string of the molecule is CSc1nc2nccc(-c3ccc(OCc4ccc(Cl)cc4)cc3)n2n1. The molecule has 0 atom stereocenters. The number of benzene rings is 2. The first-order chi connectivity index (χ1) is 12.7. The lowest BCUT2D eigenvalue weighted by Crippen LogP contribution is -1.97. The number of hydrogen-bond acceptors (Lipinski definition) is 5. The van der Waals surface area contributed by atoms with Gasteiger partial charge in [0.1, 0.15) is 12.4 Å². The lowest BCUT2D eigenvalue weighted by molar-refractivity contribution is 0.306. The molecule has 26 heavy (non-hydrogen) atoms. The topological polar surface area (TPSA) is 52.3 Å². The van der Waals surface area contributed by atoms with Gasteiger partial charge in [-0.25, -0.2) is 4.98 Å². The molecule has 130 valence electrons. The van der Waals surface area contributed by atoms with Crippen LogP contribution in [0.15, 0.2) is 66.0 Å². The molecule has 0 saturated carbocycles. The first-order valence-electron chi connectivity index (χ1n) is 7.96. The zero-order chi connectivity index (χ0) is 17.9. The summed E-state index contributed by atoms with van der Waals surface area (Å²) in [6, 6.07) is 17.5. The van der Waals surface area contributed by atoms with E-state index in [-0.39, 0.29) is 0 Å². The molecule has 0 fully saturated rings. The second-order valence-electron chi connectivity index (χ2n) is 5.58. The van der Waals surface area contributed by atoms with Crippen LogP contribution in [0.25, 0.3) is 17.0 Å². The van der Waals surface area contributed by atoms with Crippen molar-refractivity contribution in [1.82, 2.24) is 19.6 Å². The highest BCUT2D eigenvalue weighted by Gasteiger charge is 2.09. The maximum atomic E-state index is 5.90. The van der Waals surface area contributed by atoms with Crippen LogP contribution in [0.3, 0.4) is 0 Å². The van der Waals surface area contributed by atoms with Gasteiger partial charge in [0.05, 0.1) is 5.69 Å². The first kappa shape index (κ1) is 16.9. The van der Waals surface area contributed by atoms with Gasteiger partial charge in [-0.3, -0.25) is 0 Å². The number of halogens is 1. The Labute approximate surface area is 160 Å². The third-order valence-electron chi connectivity index (χ3n) is 3.87. The zero-order valence-electron chi connectivity index (χ0n) is 14.0. The van der Waals surface area contributed by atoms with Crippen LogP contribution in [0.1, 0.15) is 5.56 Å². The molecule has 2 aromatic heterocycles. The van der Waals surface area contributed by atoms with Crippen LogP contribution in [0.2, 0.25) is 5.02 Å². The van der Waals surface area contributed by atoms with E-state index in [9.17, 15) is 0 Å². The molecule has 4 rings (SSSR count). The van der Waals surface area contributed by atoms with Crippen LogP contribution in [0, 0.1) is 0 Å². The maximum Gasteiger partial charge on any atom is 0.253 e. The molecule has 0 aliphatic carbocycles. The summed E-state index contributed by atoms with van der Waals surface area (Å²) in [4.78, 5) is 8.64. The van der Waals surface area contributed by atoms with Gasteiger partial charge in [-0.05, 0) is 54.3 Å². The van der Waals surface area contributed by atoms with E-state index in [2.05, 4.69) is 15.1 Å². The lowest BCUT2D eigenvalue weighted by atomic mass is 10.1. The highest BCUT2D eigenvalue weighted by molar-refractivity contribution is 7.98. The summed E-state index contributed by atoms with van der Waals surface area (Å²) < 4.78 is 7.60. The van der Waals surface area contributed by atoms with Gasteiger partial charge in [0.15, 0.2) is 0 Å². The summed E-state index contributed by atoms with van der Waals surface area (Å²) in [6.07, 6.45) is 3.69. The molecular weight excluding hydrogens is 368 g/mol. The second kappa shape index (κ2) is 7.35. The van der Waals surface area contributed by atoms with Crippen LogP contribution in [-0.2, 0) is 6.61 Å². The summed E-state index contributed by atoms with van der Waals surface area (Å²) in [6.45, 7) is 0.496. The zero-order valence-corrected chi connectivity index (χ0v) is 15.5. The molecule has 0 radical (unpaired) electrons. The Kier molecular flexibility index (Phi) is 4.77. The van der Waals surface area contributed by atoms with Crippen molar-refractivity contribution in [2.75, 3.05) is 6.26 Å². The van der Waals surface area contributed by atoms with Crippen LogP contribution >= 0.6 is 23.4 Å². The van der Waals surface area contributed by atoms with Crippen LogP contribution < -0.4 is 4.74 Å². The van der Waals surface area contributed by atoms with Gasteiger partial charge in [0.2, 0.25) is 5.16 Å². The third kappa shape index (κ3) is 3.52. The molecule has 2 aromatic carbocycles. The predicted octanol–water partition coefficient (Wildman–Crippen LogP) is 4.75. The van der Waals surface area contributed by atoms with Gasteiger partial charge < -0.3 is 4.74 Å². The largest absolute Gasteiger partial charge is 0.489 e. The lowest BCUT2D eigenvalue weighted by Gasteiger charge is -2.08. The third-order valence-corrected chi connectivity index (χ3v) is 4.66. The Bertz CT molecular complexity index is 1030. The minimum Gasteiger partial charge on any atom is -0.489 e. The summed E-state index contributed by atoms with van der Waals surface area (Å²) >= 11 is 7.39. The van der Waals surface area contributed by atoms with E-state index in [4.69, 9.17) is 16.3 Å². The highest BCUT2D eigenvalue weighted by atomic mass is 35.5. The molecule has 5 nitrogen and oxygen atoms in total. The van der Waals surface area contributed by atoms with Crippen molar-refractivity contribution in [3.63, 3.8) is 0 Å². The van der Waals surface area contributed by atoms with Gasteiger partial charge >= 0.3 is 0 Å². The molecular formula is C19H15ClN4OS.